The van der Waals surface area contributed by atoms with Crippen LogP contribution in [-0.4, -0.2) is 44.1 Å². The molecule has 1 saturated heterocycles. The third-order valence-corrected chi connectivity index (χ3v) is 5.01. The Labute approximate surface area is 145 Å². The highest BCUT2D eigenvalue weighted by atomic mass is 32.2. The Kier molecular flexibility index (Phi) is 8.15. The maximum absolute atomic E-state index is 4.28. The summed E-state index contributed by atoms with van der Waals surface area (Å²) in [5, 5.41) is 6.75. The molecular weight excluding hydrogens is 304 g/mol. The van der Waals surface area contributed by atoms with E-state index in [9.17, 15) is 0 Å². The summed E-state index contributed by atoms with van der Waals surface area (Å²) >= 11 is 2.05. The van der Waals surface area contributed by atoms with Crippen molar-refractivity contribution < 1.29 is 0 Å². The summed E-state index contributed by atoms with van der Waals surface area (Å²) in [7, 11) is 1.83. The van der Waals surface area contributed by atoms with E-state index in [2.05, 4.69) is 51.7 Å². The first-order valence-electron chi connectivity index (χ1n) is 8.69. The maximum atomic E-state index is 4.28. The summed E-state index contributed by atoms with van der Waals surface area (Å²) in [6.07, 6.45) is 3.70. The molecular formula is C18H30N4S. The molecule has 0 radical (unpaired) electrons. The molecule has 2 rings (SSSR count). The monoisotopic (exact) mass is 334 g/mol. The third kappa shape index (κ3) is 6.34. The Morgan fingerprint density at radius 1 is 1.13 bits per heavy atom. The van der Waals surface area contributed by atoms with E-state index in [-0.39, 0.29) is 0 Å². The molecule has 1 aromatic carbocycles. The number of hydrogen-bond acceptors (Lipinski definition) is 3. The molecule has 0 saturated carbocycles. The zero-order valence-corrected chi connectivity index (χ0v) is 15.3. The first-order chi connectivity index (χ1) is 11.3. The van der Waals surface area contributed by atoms with Crippen molar-refractivity contribution in [3.05, 3.63) is 29.8 Å². The molecule has 1 aromatic rings. The summed E-state index contributed by atoms with van der Waals surface area (Å²) in [6.45, 7) is 6.34. The van der Waals surface area contributed by atoms with Gasteiger partial charge in [-0.05, 0) is 24.1 Å². The van der Waals surface area contributed by atoms with E-state index < -0.39 is 0 Å². The Morgan fingerprint density at radius 3 is 2.52 bits per heavy atom. The lowest BCUT2D eigenvalue weighted by atomic mass is 10.2. The maximum Gasteiger partial charge on any atom is 0.191 e. The lowest BCUT2D eigenvalue weighted by molar-refractivity contribution is 0.683. The van der Waals surface area contributed by atoms with E-state index in [0.717, 1.165) is 32.1 Å². The van der Waals surface area contributed by atoms with Gasteiger partial charge in [-0.25, -0.2) is 0 Å². The predicted octanol–water partition coefficient (Wildman–Crippen LogP) is 3.10. The van der Waals surface area contributed by atoms with Crippen molar-refractivity contribution in [2.75, 3.05) is 43.1 Å². The van der Waals surface area contributed by atoms with E-state index in [4.69, 9.17) is 0 Å². The summed E-state index contributed by atoms with van der Waals surface area (Å²) in [4.78, 5) is 6.75. The van der Waals surface area contributed by atoms with Crippen LogP contribution in [-0.2, 0) is 6.54 Å². The molecule has 1 fully saturated rings. The summed E-state index contributed by atoms with van der Waals surface area (Å²) in [6, 6.07) is 8.91. The second kappa shape index (κ2) is 10.4. The van der Waals surface area contributed by atoms with E-state index in [0.29, 0.717) is 0 Å². The van der Waals surface area contributed by atoms with Crippen LogP contribution < -0.4 is 15.5 Å². The van der Waals surface area contributed by atoms with Crippen molar-refractivity contribution >= 4 is 23.4 Å². The summed E-state index contributed by atoms with van der Waals surface area (Å²) in [5.41, 5.74) is 2.63. The van der Waals surface area contributed by atoms with Gasteiger partial charge in [-0.15, -0.1) is 0 Å². The molecule has 23 heavy (non-hydrogen) atoms. The van der Waals surface area contributed by atoms with Crippen molar-refractivity contribution in [1.29, 1.82) is 0 Å². The molecule has 1 heterocycles. The van der Waals surface area contributed by atoms with Gasteiger partial charge in [-0.1, -0.05) is 31.9 Å². The van der Waals surface area contributed by atoms with Crippen LogP contribution in [0.3, 0.4) is 0 Å². The summed E-state index contributed by atoms with van der Waals surface area (Å²) < 4.78 is 0. The van der Waals surface area contributed by atoms with Crippen LogP contribution in [0.2, 0.25) is 0 Å². The van der Waals surface area contributed by atoms with E-state index in [1.807, 2.05) is 18.8 Å². The molecule has 2 N–H and O–H groups in total. The second-order valence-electron chi connectivity index (χ2n) is 5.83. The van der Waals surface area contributed by atoms with Crippen LogP contribution in [0.15, 0.2) is 29.3 Å². The second-order valence-corrected chi connectivity index (χ2v) is 7.05. The topological polar surface area (TPSA) is 39.7 Å². The Balaban J connectivity index is 1.76. The Bertz CT molecular complexity index is 466. The lowest BCUT2D eigenvalue weighted by Gasteiger charge is -2.28. The molecule has 0 amide bonds. The minimum atomic E-state index is 0.809. The zero-order valence-electron chi connectivity index (χ0n) is 14.5. The van der Waals surface area contributed by atoms with Crippen molar-refractivity contribution in [1.82, 2.24) is 10.6 Å². The fraction of sp³-hybridized carbons (Fsp3) is 0.611. The van der Waals surface area contributed by atoms with Gasteiger partial charge in [0.05, 0.1) is 0 Å². The third-order valence-electron chi connectivity index (χ3n) is 4.07. The molecule has 1 aliphatic heterocycles. The Morgan fingerprint density at radius 2 is 1.87 bits per heavy atom. The average molecular weight is 335 g/mol. The van der Waals surface area contributed by atoms with Crippen LogP contribution in [0.25, 0.3) is 0 Å². The smallest absolute Gasteiger partial charge is 0.191 e. The normalized spacial score (nSPS) is 15.6. The first-order valence-corrected chi connectivity index (χ1v) is 9.85. The number of nitrogens with zero attached hydrogens (tertiary/aromatic N) is 2. The van der Waals surface area contributed by atoms with Crippen molar-refractivity contribution in [2.45, 2.75) is 32.7 Å². The number of rotatable bonds is 7. The standard InChI is InChI=1S/C18H30N4S/c1-3-4-5-10-20-18(19-2)21-15-16-6-8-17(9-7-16)22-11-13-23-14-12-22/h6-9H,3-5,10-15H2,1-2H3,(H2,19,20,21). The van der Waals surface area contributed by atoms with Crippen molar-refractivity contribution in [2.24, 2.45) is 4.99 Å². The van der Waals surface area contributed by atoms with Crippen LogP contribution in [0.1, 0.15) is 31.7 Å². The quantitative estimate of drug-likeness (QED) is 0.457. The molecule has 0 spiro atoms. The molecule has 0 bridgehead atoms. The van der Waals surface area contributed by atoms with Gasteiger partial charge in [0.1, 0.15) is 0 Å². The molecule has 128 valence electrons. The molecule has 0 unspecified atom stereocenters. The number of aliphatic imine (C=N–C) groups is 1. The highest BCUT2D eigenvalue weighted by Crippen LogP contribution is 2.19. The lowest BCUT2D eigenvalue weighted by Crippen LogP contribution is -2.37. The minimum Gasteiger partial charge on any atom is -0.370 e. The summed E-state index contributed by atoms with van der Waals surface area (Å²) in [5.74, 6) is 3.37. The molecule has 0 aromatic heterocycles. The first kappa shape index (κ1) is 18.0. The van der Waals surface area contributed by atoms with Crippen molar-refractivity contribution in [3.63, 3.8) is 0 Å². The van der Waals surface area contributed by atoms with E-state index in [1.54, 1.807) is 0 Å². The number of benzene rings is 1. The van der Waals surface area contributed by atoms with Gasteiger partial charge in [0, 0.05) is 50.4 Å². The minimum absolute atomic E-state index is 0.809. The fourth-order valence-electron chi connectivity index (χ4n) is 2.63. The van der Waals surface area contributed by atoms with Crippen LogP contribution in [0, 0.1) is 0 Å². The van der Waals surface area contributed by atoms with Crippen LogP contribution in [0.5, 0.6) is 0 Å². The van der Waals surface area contributed by atoms with Crippen LogP contribution in [0.4, 0.5) is 5.69 Å². The van der Waals surface area contributed by atoms with Gasteiger partial charge in [0.15, 0.2) is 5.96 Å². The number of anilines is 1. The number of nitrogens with one attached hydrogen (secondary N) is 2. The SMILES string of the molecule is CCCCCNC(=NC)NCc1ccc(N2CCSCC2)cc1. The van der Waals surface area contributed by atoms with Crippen molar-refractivity contribution in [3.8, 4) is 0 Å². The molecule has 5 heteroatoms. The number of hydrogen-bond donors (Lipinski definition) is 2. The molecule has 1 aliphatic rings. The Hall–Kier alpha value is -1.36. The van der Waals surface area contributed by atoms with Gasteiger partial charge >= 0.3 is 0 Å². The predicted molar refractivity (Wildman–Crippen MR) is 104 cm³/mol. The average Bonchev–Trinajstić information content (AvgIpc) is 2.62. The van der Waals surface area contributed by atoms with Gasteiger partial charge in [-0.3, -0.25) is 4.99 Å². The number of unbranched alkanes of at least 4 members (excludes halogenated alkanes) is 2. The van der Waals surface area contributed by atoms with Gasteiger partial charge in [0.2, 0.25) is 0 Å². The number of guanidine groups is 1. The largest absolute Gasteiger partial charge is 0.370 e. The van der Waals surface area contributed by atoms with Crippen LogP contribution >= 0.6 is 11.8 Å². The molecule has 0 atom stereocenters. The number of thioether (sulfide) groups is 1. The van der Waals surface area contributed by atoms with Gasteiger partial charge in [0.25, 0.3) is 0 Å². The molecule has 4 nitrogen and oxygen atoms in total. The van der Waals surface area contributed by atoms with E-state index in [1.165, 1.54) is 42.0 Å². The van der Waals surface area contributed by atoms with E-state index >= 15 is 0 Å². The molecule has 0 aliphatic carbocycles. The van der Waals surface area contributed by atoms with Gasteiger partial charge in [-0.2, -0.15) is 11.8 Å². The fourth-order valence-corrected chi connectivity index (χ4v) is 3.54. The highest BCUT2D eigenvalue weighted by molar-refractivity contribution is 7.99. The van der Waals surface area contributed by atoms with Gasteiger partial charge < -0.3 is 15.5 Å². The highest BCUT2D eigenvalue weighted by Gasteiger charge is 2.10. The zero-order chi connectivity index (χ0) is 16.3.